The minimum Gasteiger partial charge on any atom is -0.174 e. The summed E-state index contributed by atoms with van der Waals surface area (Å²) in [6, 6.07) is 0. The molecule has 0 unspecified atom stereocenters. The zero-order valence-electron chi connectivity index (χ0n) is 4.60. The molecule has 0 aromatic carbocycles. The van der Waals surface area contributed by atoms with Crippen LogP contribution in [0.15, 0.2) is 12.7 Å². The summed E-state index contributed by atoms with van der Waals surface area (Å²) in [6.07, 6.45) is -5.83. The second kappa shape index (κ2) is 4.29. The molecule has 0 radical (unpaired) electrons. The molecule has 0 saturated heterocycles. The minimum absolute atomic E-state index is 0.188. The molecule has 0 aliphatic rings. The standard InChI is InChI=1S/C2H3F3.C2H2F2/c1-2(3,4)5;1-2(3)4/h1H3;1H2. The van der Waals surface area contributed by atoms with E-state index >= 15 is 0 Å². The zero-order chi connectivity index (χ0) is 8.08. The smallest absolute Gasteiger partial charge is 0.174 e. The summed E-state index contributed by atoms with van der Waals surface area (Å²) in [5.74, 6) is 0. The number of hydrogen-bond acceptors (Lipinski definition) is 0. The Hall–Kier alpha value is -0.610. The molecule has 5 heteroatoms. The summed E-state index contributed by atoms with van der Waals surface area (Å²) in [4.78, 5) is 0. The van der Waals surface area contributed by atoms with Crippen molar-refractivity contribution in [3.63, 3.8) is 0 Å². The first kappa shape index (κ1) is 11.2. The van der Waals surface area contributed by atoms with Gasteiger partial charge in [-0.05, 0) is 6.58 Å². The SMILES string of the molecule is C=C(F)F.CC(F)(F)F. The van der Waals surface area contributed by atoms with Gasteiger partial charge in [-0.2, -0.15) is 22.0 Å². The molecule has 0 rings (SSSR count). The van der Waals surface area contributed by atoms with E-state index in [1.165, 1.54) is 0 Å². The van der Waals surface area contributed by atoms with E-state index in [4.69, 9.17) is 0 Å². The lowest BCUT2D eigenvalue weighted by atomic mass is 10.8. The maximum Gasteiger partial charge on any atom is 0.386 e. The van der Waals surface area contributed by atoms with Gasteiger partial charge in [0.15, 0.2) is 0 Å². The van der Waals surface area contributed by atoms with Gasteiger partial charge in [-0.25, -0.2) is 0 Å². The van der Waals surface area contributed by atoms with Crippen molar-refractivity contribution in [1.29, 1.82) is 0 Å². The van der Waals surface area contributed by atoms with Crippen LogP contribution in [0.1, 0.15) is 6.92 Å². The summed E-state index contributed by atoms with van der Waals surface area (Å²) in [5.41, 5.74) is 0. The van der Waals surface area contributed by atoms with Gasteiger partial charge in [0.2, 0.25) is 0 Å². The Labute approximate surface area is 49.0 Å². The molecule has 0 spiro atoms. The first-order valence-electron chi connectivity index (χ1n) is 1.80. The van der Waals surface area contributed by atoms with Crippen molar-refractivity contribution in [3.05, 3.63) is 12.7 Å². The van der Waals surface area contributed by atoms with E-state index in [0.717, 1.165) is 0 Å². The van der Waals surface area contributed by atoms with E-state index in [0.29, 0.717) is 0 Å². The molecule has 0 aromatic rings. The highest BCUT2D eigenvalue weighted by Crippen LogP contribution is 2.10. The highest BCUT2D eigenvalue weighted by Gasteiger charge is 2.15. The Balaban J connectivity index is 0. The largest absolute Gasteiger partial charge is 0.386 e. The molecule has 0 N–H and O–H groups in total. The molecular weight excluding hydrogens is 143 g/mol. The second-order valence-electron chi connectivity index (χ2n) is 1.12. The molecule has 0 amide bonds. The molecule has 0 aromatic heterocycles. The molecule has 0 aliphatic heterocycles. The Morgan fingerprint density at radius 1 is 1.22 bits per heavy atom. The Morgan fingerprint density at radius 3 is 1.22 bits per heavy atom. The third-order valence-electron chi connectivity index (χ3n) is 0. The van der Waals surface area contributed by atoms with Crippen molar-refractivity contribution in [2.24, 2.45) is 0 Å². The molecule has 0 heterocycles. The van der Waals surface area contributed by atoms with Crippen LogP contribution >= 0.6 is 0 Å². The lowest BCUT2D eigenvalue weighted by molar-refractivity contribution is -0.110. The van der Waals surface area contributed by atoms with Crippen molar-refractivity contribution >= 4 is 0 Å². The summed E-state index contributed by atoms with van der Waals surface area (Å²) < 4.78 is 51.3. The molecule has 0 atom stereocenters. The zero-order valence-corrected chi connectivity index (χ0v) is 4.60. The number of rotatable bonds is 0. The number of halogens is 5. The van der Waals surface area contributed by atoms with Gasteiger partial charge in [-0.3, -0.25) is 0 Å². The van der Waals surface area contributed by atoms with Gasteiger partial charge in [0.1, 0.15) is 0 Å². The van der Waals surface area contributed by atoms with Crippen molar-refractivity contribution in [1.82, 2.24) is 0 Å². The average Bonchev–Trinajstić information content (AvgIpc) is 1.19. The molecule has 0 saturated carbocycles. The van der Waals surface area contributed by atoms with Gasteiger partial charge < -0.3 is 0 Å². The van der Waals surface area contributed by atoms with Crippen LogP contribution in [0.25, 0.3) is 0 Å². The van der Waals surface area contributed by atoms with Crippen molar-refractivity contribution < 1.29 is 22.0 Å². The molecule has 0 bridgehead atoms. The highest BCUT2D eigenvalue weighted by atomic mass is 19.4. The molecule has 0 fully saturated rings. The first-order valence-corrected chi connectivity index (χ1v) is 1.80. The summed E-state index contributed by atoms with van der Waals surface area (Å²) in [7, 11) is 0. The molecule has 56 valence electrons. The van der Waals surface area contributed by atoms with Crippen LogP contribution in [0.5, 0.6) is 0 Å². The third-order valence-corrected chi connectivity index (χ3v) is 0. The van der Waals surface area contributed by atoms with Crippen LogP contribution < -0.4 is 0 Å². The lowest BCUT2D eigenvalue weighted by Crippen LogP contribution is -1.95. The number of hydrogen-bond donors (Lipinski definition) is 0. The normalized spacial score (nSPS) is 9.56. The fourth-order valence-electron chi connectivity index (χ4n) is 0. The van der Waals surface area contributed by atoms with Gasteiger partial charge in [0.05, 0.1) is 0 Å². The molecule has 0 aliphatic carbocycles. The molecule has 9 heavy (non-hydrogen) atoms. The summed E-state index contributed by atoms with van der Waals surface area (Å²) in [5, 5.41) is 0. The topological polar surface area (TPSA) is 0 Å². The van der Waals surface area contributed by atoms with E-state index in [1.54, 1.807) is 0 Å². The van der Waals surface area contributed by atoms with Gasteiger partial charge in [0.25, 0.3) is 6.08 Å². The lowest BCUT2D eigenvalue weighted by Gasteiger charge is -1.88. The second-order valence-corrected chi connectivity index (χ2v) is 1.12. The average molecular weight is 148 g/mol. The fourth-order valence-corrected chi connectivity index (χ4v) is 0. The van der Waals surface area contributed by atoms with E-state index in [1.807, 2.05) is 0 Å². The van der Waals surface area contributed by atoms with Gasteiger partial charge in [-0.15, -0.1) is 0 Å². The van der Waals surface area contributed by atoms with Crippen LogP contribution in [-0.4, -0.2) is 6.18 Å². The Bertz CT molecular complexity index is 71.4. The minimum atomic E-state index is -4.00. The van der Waals surface area contributed by atoms with Crippen molar-refractivity contribution in [3.8, 4) is 0 Å². The number of alkyl halides is 3. The Morgan fingerprint density at radius 2 is 1.22 bits per heavy atom. The summed E-state index contributed by atoms with van der Waals surface area (Å²) >= 11 is 0. The fraction of sp³-hybridized carbons (Fsp3) is 0.500. The van der Waals surface area contributed by atoms with Crippen LogP contribution in [-0.2, 0) is 0 Å². The van der Waals surface area contributed by atoms with Crippen LogP contribution in [0.3, 0.4) is 0 Å². The van der Waals surface area contributed by atoms with E-state index in [-0.39, 0.29) is 6.92 Å². The maximum atomic E-state index is 10.4. The Kier molecular flexibility index (Phi) is 5.34. The van der Waals surface area contributed by atoms with E-state index < -0.39 is 12.3 Å². The van der Waals surface area contributed by atoms with Gasteiger partial charge >= 0.3 is 6.18 Å². The van der Waals surface area contributed by atoms with Crippen LogP contribution in [0.4, 0.5) is 22.0 Å². The predicted octanol–water partition coefficient (Wildman–Crippen LogP) is 2.97. The third kappa shape index (κ3) is 577. The summed E-state index contributed by atoms with van der Waals surface area (Å²) in [6.45, 7) is 2.41. The van der Waals surface area contributed by atoms with Crippen LogP contribution in [0.2, 0.25) is 0 Å². The highest BCUT2D eigenvalue weighted by molar-refractivity contribution is 4.57. The van der Waals surface area contributed by atoms with Crippen LogP contribution in [0, 0.1) is 0 Å². The van der Waals surface area contributed by atoms with E-state index in [9.17, 15) is 22.0 Å². The predicted molar refractivity (Wildman–Crippen MR) is 23.1 cm³/mol. The molecular formula is C4H5F5. The maximum absolute atomic E-state index is 10.4. The monoisotopic (exact) mass is 148 g/mol. The van der Waals surface area contributed by atoms with Gasteiger partial charge in [0, 0.05) is 6.92 Å². The van der Waals surface area contributed by atoms with Crippen molar-refractivity contribution in [2.45, 2.75) is 13.1 Å². The molecule has 0 nitrogen and oxygen atoms in total. The van der Waals surface area contributed by atoms with E-state index in [2.05, 4.69) is 6.58 Å². The van der Waals surface area contributed by atoms with Crippen molar-refractivity contribution in [2.75, 3.05) is 0 Å². The quantitative estimate of drug-likeness (QED) is 0.463. The van der Waals surface area contributed by atoms with Gasteiger partial charge in [-0.1, -0.05) is 0 Å². The first-order chi connectivity index (χ1) is 3.73.